The lowest BCUT2D eigenvalue weighted by Crippen LogP contribution is -2.60. The van der Waals surface area contributed by atoms with Gasteiger partial charge in [0.25, 0.3) is 5.91 Å². The lowest BCUT2D eigenvalue weighted by Gasteiger charge is -2.47. The number of nitrogens with zero attached hydrogens (tertiary/aromatic N) is 2. The van der Waals surface area contributed by atoms with E-state index in [1.54, 1.807) is 12.4 Å². The summed E-state index contributed by atoms with van der Waals surface area (Å²) in [5.41, 5.74) is 0.688. The van der Waals surface area contributed by atoms with E-state index in [0.717, 1.165) is 36.8 Å². The topological polar surface area (TPSA) is 92.9 Å². The molecule has 1 atom stereocenters. The van der Waals surface area contributed by atoms with E-state index in [1.807, 2.05) is 48.7 Å². The fraction of sp³-hybridized carbons (Fsp3) is 0.450. The SMILES string of the molecule is Cc1cc(C(=O)N2CC3(CC(Oc4cccnc4)CS3)C2)c(C)o1.O=C(O)C(F)(F)F. The molecule has 0 aliphatic carbocycles. The fourth-order valence-corrected chi connectivity index (χ4v) is 5.04. The second kappa shape index (κ2) is 8.81. The van der Waals surface area contributed by atoms with Crippen molar-refractivity contribution < 1.29 is 37.0 Å². The standard InChI is InChI=1S/C18H20N2O3S.C2HF3O2/c1-12-6-16(13(2)22-12)17(21)20-10-18(11-20)7-15(9-24-18)23-14-4-3-5-19-8-14;3-2(4,5)1(6)7/h3-6,8,15H,7,9-11H2,1-2H3;(H,6,7). The maximum absolute atomic E-state index is 12.6. The summed E-state index contributed by atoms with van der Waals surface area (Å²) < 4.78 is 43.4. The molecule has 1 N–H and O–H groups in total. The minimum atomic E-state index is -5.08. The Bertz CT molecular complexity index is 942. The number of thioether (sulfide) groups is 1. The van der Waals surface area contributed by atoms with Crippen molar-refractivity contribution in [2.24, 2.45) is 0 Å². The summed E-state index contributed by atoms with van der Waals surface area (Å²) >= 11 is 1.92. The van der Waals surface area contributed by atoms with Crippen LogP contribution in [0.15, 0.2) is 35.0 Å². The van der Waals surface area contributed by atoms with Crippen LogP contribution in [0.3, 0.4) is 0 Å². The summed E-state index contributed by atoms with van der Waals surface area (Å²) in [5.74, 6) is 0.582. The summed E-state index contributed by atoms with van der Waals surface area (Å²) in [5, 5.41) is 7.12. The predicted molar refractivity (Wildman–Crippen MR) is 106 cm³/mol. The second-order valence-electron chi connectivity index (χ2n) is 7.42. The van der Waals surface area contributed by atoms with Gasteiger partial charge < -0.3 is 19.2 Å². The van der Waals surface area contributed by atoms with Crippen LogP contribution < -0.4 is 4.74 Å². The maximum Gasteiger partial charge on any atom is 0.490 e. The van der Waals surface area contributed by atoms with Gasteiger partial charge in [0, 0.05) is 31.5 Å². The van der Waals surface area contributed by atoms with E-state index in [9.17, 15) is 18.0 Å². The molecule has 2 saturated heterocycles. The molecular formula is C20H21F3N2O5S. The van der Waals surface area contributed by atoms with Gasteiger partial charge >= 0.3 is 12.1 Å². The van der Waals surface area contributed by atoms with Gasteiger partial charge in [-0.15, -0.1) is 11.8 Å². The zero-order valence-electron chi connectivity index (χ0n) is 16.8. The van der Waals surface area contributed by atoms with Crippen LogP contribution in [0.25, 0.3) is 0 Å². The molecule has 2 aliphatic rings. The third-order valence-electron chi connectivity index (χ3n) is 4.87. The van der Waals surface area contributed by atoms with Gasteiger partial charge in [-0.2, -0.15) is 13.2 Å². The highest BCUT2D eigenvalue weighted by Gasteiger charge is 2.51. The van der Waals surface area contributed by atoms with Crippen LogP contribution in [-0.2, 0) is 4.79 Å². The Morgan fingerprint density at radius 1 is 1.35 bits per heavy atom. The van der Waals surface area contributed by atoms with Crippen molar-refractivity contribution >= 4 is 23.6 Å². The number of hydrogen-bond donors (Lipinski definition) is 1. The van der Waals surface area contributed by atoms with Gasteiger partial charge in [-0.05, 0) is 32.0 Å². The fourth-order valence-electron chi connectivity index (χ4n) is 3.51. The summed E-state index contributed by atoms with van der Waals surface area (Å²) in [6.07, 6.45) is -0.433. The van der Waals surface area contributed by atoms with Crippen molar-refractivity contribution in [2.75, 3.05) is 18.8 Å². The molecule has 168 valence electrons. The first-order valence-electron chi connectivity index (χ1n) is 9.36. The van der Waals surface area contributed by atoms with E-state index < -0.39 is 12.1 Å². The number of pyridine rings is 1. The molecule has 1 amide bonds. The van der Waals surface area contributed by atoms with E-state index in [0.29, 0.717) is 11.3 Å². The summed E-state index contributed by atoms with van der Waals surface area (Å²) in [6.45, 7) is 5.28. The summed E-state index contributed by atoms with van der Waals surface area (Å²) in [6, 6.07) is 5.65. The molecule has 1 spiro atoms. The zero-order chi connectivity index (χ0) is 22.8. The van der Waals surface area contributed by atoms with Gasteiger partial charge in [-0.25, -0.2) is 4.79 Å². The van der Waals surface area contributed by atoms with Crippen molar-refractivity contribution in [3.63, 3.8) is 0 Å². The zero-order valence-corrected chi connectivity index (χ0v) is 17.6. The lowest BCUT2D eigenvalue weighted by molar-refractivity contribution is -0.192. The Hall–Kier alpha value is -2.69. The third kappa shape index (κ3) is 5.52. The molecule has 0 radical (unpaired) electrons. The molecule has 11 heteroatoms. The van der Waals surface area contributed by atoms with Gasteiger partial charge in [0.1, 0.15) is 23.4 Å². The van der Waals surface area contributed by atoms with Gasteiger partial charge in [0.15, 0.2) is 0 Å². The van der Waals surface area contributed by atoms with E-state index in [-0.39, 0.29) is 16.8 Å². The number of alkyl halides is 3. The van der Waals surface area contributed by atoms with Crippen molar-refractivity contribution in [2.45, 2.75) is 37.3 Å². The van der Waals surface area contributed by atoms with Crippen molar-refractivity contribution in [3.8, 4) is 5.75 Å². The molecule has 7 nitrogen and oxygen atoms in total. The largest absolute Gasteiger partial charge is 0.490 e. The quantitative estimate of drug-likeness (QED) is 0.750. The Labute approximate surface area is 180 Å². The van der Waals surface area contributed by atoms with E-state index in [1.165, 1.54) is 0 Å². The number of halogens is 3. The molecular weight excluding hydrogens is 437 g/mol. The van der Waals surface area contributed by atoms with Crippen LogP contribution in [0.5, 0.6) is 5.75 Å². The Balaban J connectivity index is 0.000000339. The highest BCUT2D eigenvalue weighted by atomic mass is 32.2. The molecule has 31 heavy (non-hydrogen) atoms. The van der Waals surface area contributed by atoms with E-state index in [2.05, 4.69) is 4.98 Å². The smallest absolute Gasteiger partial charge is 0.488 e. The molecule has 2 aromatic heterocycles. The number of rotatable bonds is 3. The lowest BCUT2D eigenvalue weighted by atomic mass is 9.92. The first-order valence-corrected chi connectivity index (χ1v) is 10.3. The number of hydrogen-bond acceptors (Lipinski definition) is 6. The maximum atomic E-state index is 12.6. The number of carbonyl (C=O) groups is 2. The summed E-state index contributed by atoms with van der Waals surface area (Å²) in [4.78, 5) is 27.5. The number of furan rings is 1. The summed E-state index contributed by atoms with van der Waals surface area (Å²) in [7, 11) is 0. The van der Waals surface area contributed by atoms with Gasteiger partial charge in [0.2, 0.25) is 0 Å². The number of ether oxygens (including phenoxy) is 1. The number of aliphatic carboxylic acids is 1. The monoisotopic (exact) mass is 458 g/mol. The number of aryl methyl sites for hydroxylation is 2. The Morgan fingerprint density at radius 3 is 2.55 bits per heavy atom. The van der Waals surface area contributed by atoms with Gasteiger partial charge in [-0.1, -0.05) is 0 Å². The molecule has 2 fully saturated rings. The van der Waals surface area contributed by atoms with Crippen molar-refractivity contribution in [3.05, 3.63) is 47.7 Å². The number of carboxylic acid groups (broad SMARTS) is 1. The normalized spacial score (nSPS) is 19.4. The number of amides is 1. The molecule has 1 unspecified atom stereocenters. The van der Waals surface area contributed by atoms with Crippen LogP contribution in [0.4, 0.5) is 13.2 Å². The Kier molecular flexibility index (Phi) is 6.54. The average molecular weight is 458 g/mol. The molecule has 4 heterocycles. The van der Waals surface area contributed by atoms with Crippen molar-refractivity contribution in [1.29, 1.82) is 0 Å². The van der Waals surface area contributed by atoms with Crippen molar-refractivity contribution in [1.82, 2.24) is 9.88 Å². The van der Waals surface area contributed by atoms with Crippen LogP contribution >= 0.6 is 11.8 Å². The van der Waals surface area contributed by atoms with Crippen LogP contribution in [0.2, 0.25) is 0 Å². The second-order valence-corrected chi connectivity index (χ2v) is 8.91. The number of aromatic nitrogens is 1. The molecule has 0 bridgehead atoms. The number of carbonyl (C=O) groups excluding carboxylic acids is 1. The highest BCUT2D eigenvalue weighted by molar-refractivity contribution is 8.01. The molecule has 2 aromatic rings. The minimum absolute atomic E-state index is 0.0761. The van der Waals surface area contributed by atoms with Crippen LogP contribution in [-0.4, -0.2) is 62.7 Å². The van der Waals surface area contributed by atoms with E-state index >= 15 is 0 Å². The first kappa shape index (κ1) is 23.0. The Morgan fingerprint density at radius 2 is 2.03 bits per heavy atom. The first-order chi connectivity index (χ1) is 14.5. The molecule has 0 saturated carbocycles. The minimum Gasteiger partial charge on any atom is -0.488 e. The number of carboxylic acids is 1. The van der Waals surface area contributed by atoms with Gasteiger partial charge in [0.05, 0.1) is 16.5 Å². The highest BCUT2D eigenvalue weighted by Crippen LogP contribution is 2.46. The predicted octanol–water partition coefficient (Wildman–Crippen LogP) is 3.70. The molecule has 2 aliphatic heterocycles. The van der Waals surface area contributed by atoms with Gasteiger partial charge in [-0.3, -0.25) is 9.78 Å². The van der Waals surface area contributed by atoms with Crippen LogP contribution in [0, 0.1) is 13.8 Å². The molecule has 0 aromatic carbocycles. The van der Waals surface area contributed by atoms with Crippen LogP contribution in [0.1, 0.15) is 28.3 Å². The molecule has 4 rings (SSSR count). The van der Waals surface area contributed by atoms with E-state index in [4.69, 9.17) is 19.1 Å². The number of likely N-dealkylation sites (tertiary alicyclic amines) is 1. The average Bonchev–Trinajstić information content (AvgIpc) is 3.23. The third-order valence-corrected chi connectivity index (χ3v) is 6.45.